The molecular weight excluding hydrogens is 434 g/mol. The molecule has 1 aromatic carbocycles. The van der Waals surface area contributed by atoms with Crippen molar-refractivity contribution in [2.45, 2.75) is 44.9 Å². The maximum absolute atomic E-state index is 13.2. The number of carbonyl (C=O) groups excluding carboxylic acids is 1. The van der Waals surface area contributed by atoms with Crippen molar-refractivity contribution in [3.63, 3.8) is 0 Å². The first kappa shape index (κ1) is 23.4. The lowest BCUT2D eigenvalue weighted by molar-refractivity contribution is -0.179. The van der Waals surface area contributed by atoms with Gasteiger partial charge in [0.2, 0.25) is 5.91 Å². The van der Waals surface area contributed by atoms with Crippen LogP contribution in [0.3, 0.4) is 0 Å². The van der Waals surface area contributed by atoms with E-state index in [0.29, 0.717) is 71.7 Å². The van der Waals surface area contributed by atoms with Crippen LogP contribution >= 0.6 is 0 Å². The van der Waals surface area contributed by atoms with Gasteiger partial charge in [-0.15, -0.1) is 0 Å². The van der Waals surface area contributed by atoms with E-state index in [-0.39, 0.29) is 18.4 Å². The molecule has 10 heteroatoms. The number of rotatable bonds is 7. The molecule has 4 rings (SSSR count). The Morgan fingerprint density at radius 2 is 1.81 bits per heavy atom. The summed E-state index contributed by atoms with van der Waals surface area (Å²) in [5, 5.41) is 2.96. The summed E-state index contributed by atoms with van der Waals surface area (Å²) in [6.45, 7) is 5.47. The Bertz CT molecular complexity index is 875. The van der Waals surface area contributed by atoms with Gasteiger partial charge in [-0.3, -0.25) is 4.79 Å². The molecule has 178 valence electrons. The topological polar surface area (TPSA) is 97.4 Å². The monoisotopic (exact) mass is 467 g/mol. The van der Waals surface area contributed by atoms with Gasteiger partial charge in [-0.25, -0.2) is 0 Å². The van der Waals surface area contributed by atoms with Gasteiger partial charge in [-0.05, 0) is 37.5 Å². The van der Waals surface area contributed by atoms with Crippen LogP contribution < -0.4 is 10.1 Å². The lowest BCUT2D eigenvalue weighted by Crippen LogP contribution is -2.54. The van der Waals surface area contributed by atoms with Gasteiger partial charge in [0.1, 0.15) is 5.75 Å². The van der Waals surface area contributed by atoms with Gasteiger partial charge in [0, 0.05) is 45.6 Å². The van der Waals surface area contributed by atoms with E-state index in [1.54, 1.807) is 0 Å². The standard InChI is InChI=1S/C22H33N3O6S/c1-2-29-20-7-5-18(6-8-20)16-23-21(26)19-4-3-11-25(17-19)32(27,28)24-12-9-22(10-13-24)30-14-15-31-22/h5-8,19H,2-4,9-17H2,1H3,(H,23,26). The summed E-state index contributed by atoms with van der Waals surface area (Å²) < 4.78 is 46.2. The number of benzene rings is 1. The highest BCUT2D eigenvalue weighted by Crippen LogP contribution is 2.33. The van der Waals surface area contributed by atoms with E-state index in [1.807, 2.05) is 31.2 Å². The Hall–Kier alpha value is -1.72. The summed E-state index contributed by atoms with van der Waals surface area (Å²) in [7, 11) is -3.61. The van der Waals surface area contributed by atoms with E-state index in [1.165, 1.54) is 8.61 Å². The molecule has 3 saturated heterocycles. The van der Waals surface area contributed by atoms with Crippen LogP contribution in [0, 0.1) is 5.92 Å². The molecule has 0 aromatic heterocycles. The van der Waals surface area contributed by atoms with Crippen LogP contribution in [0.5, 0.6) is 5.75 Å². The molecule has 3 aliphatic rings. The molecule has 9 nitrogen and oxygen atoms in total. The van der Waals surface area contributed by atoms with Crippen LogP contribution in [-0.2, 0) is 31.0 Å². The van der Waals surface area contributed by atoms with Crippen molar-refractivity contribution in [1.82, 2.24) is 13.9 Å². The summed E-state index contributed by atoms with van der Waals surface area (Å²) in [6.07, 6.45) is 2.43. The lowest BCUT2D eigenvalue weighted by Gasteiger charge is -2.40. The zero-order valence-electron chi connectivity index (χ0n) is 18.6. The predicted molar refractivity (Wildman–Crippen MR) is 118 cm³/mol. The highest BCUT2D eigenvalue weighted by atomic mass is 32.2. The highest BCUT2D eigenvalue weighted by molar-refractivity contribution is 7.86. The van der Waals surface area contributed by atoms with Crippen molar-refractivity contribution in [1.29, 1.82) is 0 Å². The molecule has 0 radical (unpaired) electrons. The van der Waals surface area contributed by atoms with Crippen LogP contribution in [0.25, 0.3) is 0 Å². The van der Waals surface area contributed by atoms with Crippen LogP contribution in [0.2, 0.25) is 0 Å². The first-order chi connectivity index (χ1) is 15.4. The maximum Gasteiger partial charge on any atom is 0.282 e. The fourth-order valence-electron chi connectivity index (χ4n) is 4.58. The van der Waals surface area contributed by atoms with Crippen molar-refractivity contribution >= 4 is 16.1 Å². The molecule has 1 atom stereocenters. The van der Waals surface area contributed by atoms with Crippen molar-refractivity contribution in [2.75, 3.05) is 46.0 Å². The molecule has 0 aliphatic carbocycles. The summed E-state index contributed by atoms with van der Waals surface area (Å²) >= 11 is 0. The Balaban J connectivity index is 1.29. The third-order valence-corrected chi connectivity index (χ3v) is 8.41. The second-order valence-corrected chi connectivity index (χ2v) is 10.4. The number of amides is 1. The van der Waals surface area contributed by atoms with E-state index in [2.05, 4.69) is 5.32 Å². The molecule has 3 aliphatic heterocycles. The number of hydrogen-bond acceptors (Lipinski definition) is 6. The molecule has 1 N–H and O–H groups in total. The SMILES string of the molecule is CCOc1ccc(CNC(=O)C2CCCN(S(=O)(=O)N3CCC4(CC3)OCCO4)C2)cc1. The molecule has 0 saturated carbocycles. The summed E-state index contributed by atoms with van der Waals surface area (Å²) in [4.78, 5) is 12.8. The first-order valence-electron chi connectivity index (χ1n) is 11.4. The van der Waals surface area contributed by atoms with Crippen LogP contribution in [-0.4, -0.2) is 74.7 Å². The Morgan fingerprint density at radius 1 is 1.12 bits per heavy atom. The molecule has 0 bridgehead atoms. The lowest BCUT2D eigenvalue weighted by atomic mass is 9.99. The summed E-state index contributed by atoms with van der Waals surface area (Å²) in [5.74, 6) is -0.273. The van der Waals surface area contributed by atoms with Gasteiger partial charge in [-0.2, -0.15) is 17.0 Å². The molecular formula is C22H33N3O6S. The minimum absolute atomic E-state index is 0.107. The minimum Gasteiger partial charge on any atom is -0.494 e. The molecule has 3 heterocycles. The predicted octanol–water partition coefficient (Wildman–Crippen LogP) is 1.50. The van der Waals surface area contributed by atoms with Gasteiger partial charge < -0.3 is 19.5 Å². The number of piperidine rings is 2. The van der Waals surface area contributed by atoms with Crippen molar-refractivity contribution in [3.05, 3.63) is 29.8 Å². The van der Waals surface area contributed by atoms with Gasteiger partial charge >= 0.3 is 0 Å². The number of nitrogens with one attached hydrogen (secondary N) is 1. The van der Waals surface area contributed by atoms with Crippen LogP contribution in [0.1, 0.15) is 38.2 Å². The normalized spacial score (nSPS) is 24.5. The minimum atomic E-state index is -3.61. The largest absolute Gasteiger partial charge is 0.494 e. The Kier molecular flexibility index (Phi) is 7.36. The third kappa shape index (κ3) is 5.26. The zero-order chi connectivity index (χ0) is 22.6. The fraction of sp³-hybridized carbons (Fsp3) is 0.682. The van der Waals surface area contributed by atoms with Crippen molar-refractivity contribution < 1.29 is 27.4 Å². The second-order valence-electron chi connectivity index (χ2n) is 8.51. The molecule has 3 fully saturated rings. The fourth-order valence-corrected chi connectivity index (χ4v) is 6.28. The number of nitrogens with zero attached hydrogens (tertiary/aromatic N) is 2. The number of carbonyl (C=O) groups is 1. The van der Waals surface area contributed by atoms with Crippen LogP contribution in [0.15, 0.2) is 24.3 Å². The Morgan fingerprint density at radius 3 is 2.47 bits per heavy atom. The Labute approximate surface area is 190 Å². The van der Waals surface area contributed by atoms with E-state index in [0.717, 1.165) is 11.3 Å². The second kappa shape index (κ2) is 10.0. The number of hydrogen-bond donors (Lipinski definition) is 1. The van der Waals surface area contributed by atoms with Crippen molar-refractivity contribution in [2.24, 2.45) is 5.92 Å². The van der Waals surface area contributed by atoms with E-state index in [4.69, 9.17) is 14.2 Å². The molecule has 1 aromatic rings. The summed E-state index contributed by atoms with van der Waals surface area (Å²) in [5.41, 5.74) is 0.973. The molecule has 32 heavy (non-hydrogen) atoms. The average Bonchev–Trinajstić information content (AvgIpc) is 3.26. The quantitative estimate of drug-likeness (QED) is 0.653. The van der Waals surface area contributed by atoms with Gasteiger partial charge in [-0.1, -0.05) is 12.1 Å². The van der Waals surface area contributed by atoms with Gasteiger partial charge in [0.05, 0.1) is 25.7 Å². The summed E-state index contributed by atoms with van der Waals surface area (Å²) in [6, 6.07) is 7.60. The third-order valence-electron chi connectivity index (χ3n) is 6.41. The van der Waals surface area contributed by atoms with Gasteiger partial charge in [0.25, 0.3) is 10.2 Å². The maximum atomic E-state index is 13.2. The van der Waals surface area contributed by atoms with E-state index < -0.39 is 16.0 Å². The first-order valence-corrected chi connectivity index (χ1v) is 12.8. The highest BCUT2D eigenvalue weighted by Gasteiger charge is 2.44. The smallest absolute Gasteiger partial charge is 0.282 e. The molecule has 1 unspecified atom stereocenters. The molecule has 1 amide bonds. The average molecular weight is 468 g/mol. The van der Waals surface area contributed by atoms with Crippen LogP contribution in [0.4, 0.5) is 0 Å². The number of ether oxygens (including phenoxy) is 3. The van der Waals surface area contributed by atoms with E-state index >= 15 is 0 Å². The van der Waals surface area contributed by atoms with Crippen molar-refractivity contribution in [3.8, 4) is 5.75 Å². The molecule has 1 spiro atoms. The van der Waals surface area contributed by atoms with E-state index in [9.17, 15) is 13.2 Å². The van der Waals surface area contributed by atoms with Gasteiger partial charge in [0.15, 0.2) is 5.79 Å². The zero-order valence-corrected chi connectivity index (χ0v) is 19.4.